The van der Waals surface area contributed by atoms with Crippen LogP contribution in [0.2, 0.25) is 0 Å². The summed E-state index contributed by atoms with van der Waals surface area (Å²) in [6, 6.07) is 35.4. The van der Waals surface area contributed by atoms with Crippen molar-refractivity contribution in [3.63, 3.8) is 0 Å². The molecular weight excluding hydrogens is 713 g/mol. The molecule has 4 amide bonds. The molecule has 274 valence electrons. The smallest absolute Gasteiger partial charge is 0.314 e. The summed E-state index contributed by atoms with van der Waals surface area (Å²) in [6.07, 6.45) is 0. The summed E-state index contributed by atoms with van der Waals surface area (Å²) in [4.78, 5) is 52.8. The lowest BCUT2D eigenvalue weighted by Gasteiger charge is -2.17. The molecule has 0 aromatic heterocycles. The Morgan fingerprint density at radius 3 is 0.875 bits per heavy atom. The van der Waals surface area contributed by atoms with Crippen LogP contribution in [0.5, 0.6) is 23.0 Å². The molecule has 8 aromatic rings. The quantitative estimate of drug-likeness (QED) is 0.0474. The molecule has 0 atom stereocenters. The second-order valence-electron chi connectivity index (χ2n) is 12.9. The molecule has 8 aromatic carbocycles. The number of aromatic hydroxyl groups is 4. The van der Waals surface area contributed by atoms with Crippen LogP contribution in [-0.4, -0.2) is 44.1 Å². The highest BCUT2D eigenvalue weighted by Gasteiger charge is 2.24. The SMILES string of the molecule is O=C(Nc1cccc2c(O)c3c(NC(=O)c4ccccc4)cccc3c(O)c12)C(=O)Nc1cccc2c(O)c3c(NC(=O)c4ccccc4)cccc3c(O)c12. The molecule has 0 radical (unpaired) electrons. The Bertz CT molecular complexity index is 2730. The molecule has 0 fully saturated rings. The summed E-state index contributed by atoms with van der Waals surface area (Å²) in [7, 11) is 0. The van der Waals surface area contributed by atoms with Crippen molar-refractivity contribution in [3.8, 4) is 23.0 Å². The zero-order valence-electron chi connectivity index (χ0n) is 29.1. The number of benzene rings is 8. The summed E-state index contributed by atoms with van der Waals surface area (Å²) in [5.41, 5.74) is 1.27. The third-order valence-corrected chi connectivity index (χ3v) is 9.50. The maximum absolute atomic E-state index is 13.4. The number of phenolic OH excluding ortho intramolecular Hbond substituents is 4. The fraction of sp³-hybridized carbons (Fsp3) is 0. The Morgan fingerprint density at radius 1 is 0.321 bits per heavy atom. The van der Waals surface area contributed by atoms with Crippen LogP contribution >= 0.6 is 0 Å². The summed E-state index contributed by atoms with van der Waals surface area (Å²) in [6.45, 7) is 0. The number of carbonyl (C=O) groups is 4. The average molecular weight is 743 g/mol. The molecule has 0 spiro atoms. The van der Waals surface area contributed by atoms with Gasteiger partial charge in [-0.15, -0.1) is 0 Å². The van der Waals surface area contributed by atoms with Gasteiger partial charge < -0.3 is 41.7 Å². The Morgan fingerprint density at radius 2 is 0.589 bits per heavy atom. The Balaban J connectivity index is 1.10. The van der Waals surface area contributed by atoms with Crippen molar-refractivity contribution in [2.24, 2.45) is 0 Å². The third-order valence-electron chi connectivity index (χ3n) is 9.50. The summed E-state index contributed by atoms with van der Waals surface area (Å²) in [5.74, 6) is -4.34. The first-order chi connectivity index (χ1) is 27.1. The average Bonchev–Trinajstić information content (AvgIpc) is 3.22. The molecule has 0 saturated carbocycles. The minimum absolute atomic E-state index is 0.00515. The van der Waals surface area contributed by atoms with Crippen molar-refractivity contribution in [2.75, 3.05) is 21.3 Å². The predicted molar refractivity (Wildman–Crippen MR) is 216 cm³/mol. The summed E-state index contributed by atoms with van der Waals surface area (Å²) < 4.78 is 0. The van der Waals surface area contributed by atoms with E-state index < -0.39 is 23.6 Å². The van der Waals surface area contributed by atoms with Gasteiger partial charge in [-0.2, -0.15) is 0 Å². The molecule has 0 heterocycles. The highest BCUT2D eigenvalue weighted by Crippen LogP contribution is 2.48. The van der Waals surface area contributed by atoms with E-state index in [1.807, 2.05) is 0 Å². The highest BCUT2D eigenvalue weighted by atomic mass is 16.3. The number of rotatable bonds is 6. The molecule has 12 nitrogen and oxygen atoms in total. The fourth-order valence-electron chi connectivity index (χ4n) is 6.90. The van der Waals surface area contributed by atoms with Gasteiger partial charge >= 0.3 is 11.8 Å². The second kappa shape index (κ2) is 14.0. The maximum atomic E-state index is 13.4. The van der Waals surface area contributed by atoms with Crippen LogP contribution in [-0.2, 0) is 9.59 Å². The van der Waals surface area contributed by atoms with E-state index in [-0.39, 0.29) is 88.8 Å². The summed E-state index contributed by atoms with van der Waals surface area (Å²) >= 11 is 0. The fourth-order valence-corrected chi connectivity index (χ4v) is 6.90. The van der Waals surface area contributed by atoms with Gasteiger partial charge in [0.2, 0.25) is 0 Å². The third kappa shape index (κ3) is 6.02. The standard InChI is InChI=1S/C44H30N4O8/c49-37-27-17-9-21-31(35(27)39(51)25-15-7-19-29(33(25)37)45-41(53)23-11-3-1-4-12-23)47-43(55)44(56)48-32-22-10-18-28-36(32)40(52)26-16-8-20-30(34(26)38(28)50)46-42(54)24-13-5-2-6-14-24/h1-22,49-52H,(H,45,53)(H,46,54)(H,47,55)(H,48,56). The van der Waals surface area contributed by atoms with Crippen LogP contribution in [0.25, 0.3) is 43.1 Å². The van der Waals surface area contributed by atoms with E-state index in [2.05, 4.69) is 21.3 Å². The van der Waals surface area contributed by atoms with Crippen LogP contribution in [0.3, 0.4) is 0 Å². The molecule has 0 aliphatic rings. The molecule has 56 heavy (non-hydrogen) atoms. The predicted octanol–water partition coefficient (Wildman–Crippen LogP) is 8.20. The molecule has 0 saturated heterocycles. The van der Waals surface area contributed by atoms with Gasteiger partial charge in [-0.05, 0) is 48.5 Å². The number of nitrogens with one attached hydrogen (secondary N) is 4. The van der Waals surface area contributed by atoms with Gasteiger partial charge in [0.25, 0.3) is 11.8 Å². The summed E-state index contributed by atoms with van der Waals surface area (Å²) in [5, 5.41) is 57.6. The molecule has 0 unspecified atom stereocenters. The van der Waals surface area contributed by atoms with Crippen molar-refractivity contribution >= 4 is 89.5 Å². The van der Waals surface area contributed by atoms with Gasteiger partial charge in [-0.25, -0.2) is 0 Å². The van der Waals surface area contributed by atoms with Crippen LogP contribution in [0.1, 0.15) is 20.7 Å². The molecule has 8 rings (SSSR count). The van der Waals surface area contributed by atoms with Crippen LogP contribution < -0.4 is 21.3 Å². The van der Waals surface area contributed by atoms with Crippen molar-refractivity contribution < 1.29 is 39.6 Å². The Labute approximate surface area is 317 Å². The largest absolute Gasteiger partial charge is 0.507 e. The molecule has 0 aliphatic carbocycles. The van der Waals surface area contributed by atoms with Gasteiger partial charge in [0.05, 0.1) is 44.3 Å². The van der Waals surface area contributed by atoms with E-state index in [0.29, 0.717) is 11.1 Å². The number of phenols is 4. The van der Waals surface area contributed by atoms with E-state index in [4.69, 9.17) is 0 Å². The van der Waals surface area contributed by atoms with E-state index in [0.717, 1.165) is 0 Å². The van der Waals surface area contributed by atoms with Crippen molar-refractivity contribution in [1.29, 1.82) is 0 Å². The number of hydrogen-bond acceptors (Lipinski definition) is 8. The number of anilines is 4. The van der Waals surface area contributed by atoms with Crippen molar-refractivity contribution in [2.45, 2.75) is 0 Å². The maximum Gasteiger partial charge on any atom is 0.314 e. The first-order valence-corrected chi connectivity index (χ1v) is 17.3. The topological polar surface area (TPSA) is 197 Å². The number of amides is 4. The molecule has 8 N–H and O–H groups in total. The molecule has 0 bridgehead atoms. The van der Waals surface area contributed by atoms with Gasteiger partial charge in [-0.3, -0.25) is 19.2 Å². The van der Waals surface area contributed by atoms with E-state index in [1.165, 1.54) is 36.4 Å². The number of carbonyl (C=O) groups excluding carboxylic acids is 4. The van der Waals surface area contributed by atoms with Gasteiger partial charge in [0.15, 0.2) is 0 Å². The zero-order valence-corrected chi connectivity index (χ0v) is 29.1. The van der Waals surface area contributed by atoms with Crippen LogP contribution in [0.15, 0.2) is 133 Å². The van der Waals surface area contributed by atoms with Crippen molar-refractivity contribution in [1.82, 2.24) is 0 Å². The van der Waals surface area contributed by atoms with Gasteiger partial charge in [0.1, 0.15) is 23.0 Å². The minimum atomic E-state index is -1.15. The zero-order chi connectivity index (χ0) is 39.1. The lowest BCUT2D eigenvalue weighted by molar-refractivity contribution is -0.132. The Kier molecular flexibility index (Phi) is 8.75. The van der Waals surface area contributed by atoms with Crippen molar-refractivity contribution in [3.05, 3.63) is 145 Å². The lowest BCUT2D eigenvalue weighted by Crippen LogP contribution is -2.29. The molecule has 12 heteroatoms. The first kappa shape index (κ1) is 34.9. The number of hydrogen-bond donors (Lipinski definition) is 8. The lowest BCUT2D eigenvalue weighted by atomic mass is 9.97. The highest BCUT2D eigenvalue weighted by molar-refractivity contribution is 6.45. The van der Waals surface area contributed by atoms with E-state index in [1.54, 1.807) is 97.1 Å². The second-order valence-corrected chi connectivity index (χ2v) is 12.9. The monoisotopic (exact) mass is 742 g/mol. The van der Waals surface area contributed by atoms with Crippen LogP contribution in [0, 0.1) is 0 Å². The van der Waals surface area contributed by atoms with Gasteiger partial charge in [0, 0.05) is 32.7 Å². The van der Waals surface area contributed by atoms with E-state index in [9.17, 15) is 39.6 Å². The van der Waals surface area contributed by atoms with E-state index >= 15 is 0 Å². The first-order valence-electron chi connectivity index (χ1n) is 17.3. The Hall–Kier alpha value is -8.12. The molecule has 0 aliphatic heterocycles. The minimum Gasteiger partial charge on any atom is -0.507 e. The molecular formula is C44H30N4O8. The normalized spacial score (nSPS) is 11.1. The number of fused-ring (bicyclic) bond motifs is 4. The van der Waals surface area contributed by atoms with Gasteiger partial charge in [-0.1, -0.05) is 84.9 Å². The van der Waals surface area contributed by atoms with Crippen LogP contribution in [0.4, 0.5) is 22.7 Å².